The summed E-state index contributed by atoms with van der Waals surface area (Å²) in [5, 5.41) is 16.4. The second-order valence-corrected chi connectivity index (χ2v) is 7.25. The summed E-state index contributed by atoms with van der Waals surface area (Å²) in [6.07, 6.45) is -1.68. The number of nitriles is 1. The number of nitrogens with one attached hydrogen (secondary N) is 1. The maximum absolute atomic E-state index is 13.3. The van der Waals surface area contributed by atoms with Crippen molar-refractivity contribution in [3.63, 3.8) is 0 Å². The highest BCUT2D eigenvalue weighted by atomic mass is 19.4. The second kappa shape index (κ2) is 9.46. The van der Waals surface area contributed by atoms with Gasteiger partial charge in [-0.15, -0.1) is 0 Å². The van der Waals surface area contributed by atoms with Gasteiger partial charge in [0.1, 0.15) is 11.6 Å². The molecule has 1 amide bonds. The van der Waals surface area contributed by atoms with E-state index in [9.17, 15) is 23.2 Å². The predicted molar refractivity (Wildman–Crippen MR) is 123 cm³/mol. The van der Waals surface area contributed by atoms with Crippen LogP contribution >= 0.6 is 0 Å². The summed E-state index contributed by atoms with van der Waals surface area (Å²) < 4.78 is 41.5. The number of carbonyl (C=O) groups is 1. The smallest absolute Gasteiger partial charge is 0.321 e. The molecule has 1 heterocycles. The predicted octanol–water partition coefficient (Wildman–Crippen LogP) is 6.10. The number of benzene rings is 3. The molecule has 1 aromatic heterocycles. The van der Waals surface area contributed by atoms with Crippen molar-refractivity contribution in [2.75, 3.05) is 5.32 Å². The molecular weight excluding hydrogens is 441 g/mol. The molecule has 5 nitrogen and oxygen atoms in total. The summed E-state index contributed by atoms with van der Waals surface area (Å²) in [6, 6.07) is 24.8. The van der Waals surface area contributed by atoms with E-state index in [0.29, 0.717) is 11.3 Å². The largest absolute Gasteiger partial charge is 0.418 e. The molecular formula is C26H17F3N4O. The van der Waals surface area contributed by atoms with Crippen LogP contribution < -0.4 is 5.32 Å². The first-order valence-electron chi connectivity index (χ1n) is 10.2. The highest BCUT2D eigenvalue weighted by Gasteiger charge is 2.33. The van der Waals surface area contributed by atoms with Crippen LogP contribution in [0.3, 0.4) is 0 Å². The van der Waals surface area contributed by atoms with E-state index in [1.807, 2.05) is 60.7 Å². The molecule has 0 unspecified atom stereocenters. The van der Waals surface area contributed by atoms with E-state index in [1.54, 1.807) is 16.9 Å². The standard InChI is InChI=1S/C26H17F3N4O/c27-26(28,29)22-13-7-8-14-23(22)31-25(34)19(16-30)15-20-17-33(21-11-5-2-6-12-21)32-24(20)18-9-3-1-4-10-18/h1-15,17H,(H,31,34). The van der Waals surface area contributed by atoms with Crippen LogP contribution in [0.5, 0.6) is 0 Å². The molecule has 4 aromatic rings. The monoisotopic (exact) mass is 458 g/mol. The van der Waals surface area contributed by atoms with Crippen LogP contribution in [-0.2, 0) is 11.0 Å². The maximum atomic E-state index is 13.3. The summed E-state index contributed by atoms with van der Waals surface area (Å²) >= 11 is 0. The van der Waals surface area contributed by atoms with Crippen molar-refractivity contribution in [2.24, 2.45) is 0 Å². The zero-order chi connectivity index (χ0) is 24.1. The van der Waals surface area contributed by atoms with Crippen LogP contribution in [0.1, 0.15) is 11.1 Å². The minimum atomic E-state index is -4.66. The van der Waals surface area contributed by atoms with Gasteiger partial charge in [0.05, 0.1) is 22.6 Å². The number of halogens is 3. The summed E-state index contributed by atoms with van der Waals surface area (Å²) in [6.45, 7) is 0. The van der Waals surface area contributed by atoms with Crippen LogP contribution in [0.4, 0.5) is 18.9 Å². The van der Waals surface area contributed by atoms with Gasteiger partial charge in [-0.25, -0.2) is 4.68 Å². The van der Waals surface area contributed by atoms with E-state index < -0.39 is 23.3 Å². The number of carbonyl (C=O) groups excluding carboxylic acids is 1. The SMILES string of the molecule is N#CC(=Cc1cn(-c2ccccc2)nc1-c1ccccc1)C(=O)Nc1ccccc1C(F)(F)F. The normalized spacial score (nSPS) is 11.6. The number of alkyl halides is 3. The molecule has 8 heteroatoms. The Kier molecular flexibility index (Phi) is 6.28. The average molecular weight is 458 g/mol. The fourth-order valence-corrected chi connectivity index (χ4v) is 3.36. The molecule has 0 saturated carbocycles. The van der Waals surface area contributed by atoms with Gasteiger partial charge in [-0.3, -0.25) is 4.79 Å². The van der Waals surface area contributed by atoms with Crippen molar-refractivity contribution in [2.45, 2.75) is 6.18 Å². The van der Waals surface area contributed by atoms with Crippen molar-refractivity contribution in [1.82, 2.24) is 9.78 Å². The van der Waals surface area contributed by atoms with Crippen molar-refractivity contribution in [3.8, 4) is 23.0 Å². The van der Waals surface area contributed by atoms with E-state index in [4.69, 9.17) is 0 Å². The second-order valence-electron chi connectivity index (χ2n) is 7.25. The summed E-state index contributed by atoms with van der Waals surface area (Å²) in [5.74, 6) is -0.953. The van der Waals surface area contributed by atoms with Gasteiger partial charge >= 0.3 is 6.18 Å². The van der Waals surface area contributed by atoms with Crippen LogP contribution in [0.25, 0.3) is 23.0 Å². The van der Waals surface area contributed by atoms with Crippen LogP contribution in [0.2, 0.25) is 0 Å². The van der Waals surface area contributed by atoms with Gasteiger partial charge in [-0.2, -0.15) is 23.5 Å². The molecule has 0 spiro atoms. The number of nitrogens with zero attached hydrogens (tertiary/aromatic N) is 3. The lowest BCUT2D eigenvalue weighted by Crippen LogP contribution is -2.17. The van der Waals surface area contributed by atoms with Crippen molar-refractivity contribution in [1.29, 1.82) is 5.26 Å². The zero-order valence-electron chi connectivity index (χ0n) is 17.6. The minimum absolute atomic E-state index is 0.359. The molecule has 0 saturated heterocycles. The average Bonchev–Trinajstić information content (AvgIpc) is 3.27. The summed E-state index contributed by atoms with van der Waals surface area (Å²) in [7, 11) is 0. The molecule has 0 fully saturated rings. The molecule has 168 valence electrons. The van der Waals surface area contributed by atoms with Gasteiger partial charge in [0.25, 0.3) is 5.91 Å². The highest BCUT2D eigenvalue weighted by Crippen LogP contribution is 2.35. The van der Waals surface area contributed by atoms with Crippen molar-refractivity contribution < 1.29 is 18.0 Å². The van der Waals surface area contributed by atoms with E-state index in [0.717, 1.165) is 23.4 Å². The Morgan fingerprint density at radius 3 is 2.21 bits per heavy atom. The first-order valence-corrected chi connectivity index (χ1v) is 10.2. The summed E-state index contributed by atoms with van der Waals surface area (Å²) in [5.41, 5.74) is 0.713. The molecule has 0 aliphatic carbocycles. The molecule has 0 aliphatic heterocycles. The first-order chi connectivity index (χ1) is 16.4. The molecule has 0 aliphatic rings. The van der Waals surface area contributed by atoms with E-state index in [-0.39, 0.29) is 5.57 Å². The quantitative estimate of drug-likeness (QED) is 0.290. The summed E-state index contributed by atoms with van der Waals surface area (Å²) in [4.78, 5) is 12.8. The number of hydrogen-bond acceptors (Lipinski definition) is 3. The van der Waals surface area contributed by atoms with E-state index in [2.05, 4.69) is 10.4 Å². The van der Waals surface area contributed by atoms with Crippen molar-refractivity contribution >= 4 is 17.7 Å². The van der Waals surface area contributed by atoms with Crippen LogP contribution in [0.15, 0.2) is 96.7 Å². The Morgan fingerprint density at radius 1 is 0.941 bits per heavy atom. The molecule has 4 rings (SSSR count). The molecule has 0 radical (unpaired) electrons. The number of para-hydroxylation sites is 2. The van der Waals surface area contributed by atoms with Gasteiger partial charge < -0.3 is 5.32 Å². The van der Waals surface area contributed by atoms with E-state index in [1.165, 1.54) is 18.2 Å². The number of rotatable bonds is 5. The van der Waals surface area contributed by atoms with Gasteiger partial charge in [0.2, 0.25) is 0 Å². The number of aromatic nitrogens is 2. The third-order valence-corrected chi connectivity index (χ3v) is 4.96. The van der Waals surface area contributed by atoms with Gasteiger partial charge in [-0.05, 0) is 30.3 Å². The topological polar surface area (TPSA) is 70.7 Å². The maximum Gasteiger partial charge on any atom is 0.418 e. The van der Waals surface area contributed by atoms with Crippen LogP contribution in [0, 0.1) is 11.3 Å². The Labute approximate surface area is 193 Å². The zero-order valence-corrected chi connectivity index (χ0v) is 17.6. The molecule has 0 bridgehead atoms. The lowest BCUT2D eigenvalue weighted by Gasteiger charge is -2.13. The van der Waals surface area contributed by atoms with Gasteiger partial charge in [0.15, 0.2) is 0 Å². The molecule has 34 heavy (non-hydrogen) atoms. The number of amides is 1. The fourth-order valence-electron chi connectivity index (χ4n) is 3.36. The molecule has 3 aromatic carbocycles. The Bertz CT molecular complexity index is 1390. The molecule has 0 atom stereocenters. The Balaban J connectivity index is 1.74. The van der Waals surface area contributed by atoms with Crippen molar-refractivity contribution in [3.05, 3.63) is 108 Å². The highest BCUT2D eigenvalue weighted by molar-refractivity contribution is 6.10. The third kappa shape index (κ3) is 4.89. The van der Waals surface area contributed by atoms with Gasteiger partial charge in [-0.1, -0.05) is 60.7 Å². The van der Waals surface area contributed by atoms with Crippen LogP contribution in [-0.4, -0.2) is 15.7 Å². The number of hydrogen-bond donors (Lipinski definition) is 1. The third-order valence-electron chi connectivity index (χ3n) is 4.96. The molecule has 1 N–H and O–H groups in total. The Morgan fingerprint density at radius 2 is 1.56 bits per heavy atom. The van der Waals surface area contributed by atoms with E-state index >= 15 is 0 Å². The fraction of sp³-hybridized carbons (Fsp3) is 0.0385. The van der Waals surface area contributed by atoms with Gasteiger partial charge in [0, 0.05) is 17.3 Å². The lowest BCUT2D eigenvalue weighted by molar-refractivity contribution is -0.137. The minimum Gasteiger partial charge on any atom is -0.321 e. The first kappa shape index (κ1) is 22.6. The number of anilines is 1. The Hall–Kier alpha value is -4.64. The lowest BCUT2D eigenvalue weighted by atomic mass is 10.1.